The fourth-order valence-corrected chi connectivity index (χ4v) is 1.45. The molecule has 16 heavy (non-hydrogen) atoms. The number of alkyl halides is 1. The first-order chi connectivity index (χ1) is 7.72. The lowest BCUT2D eigenvalue weighted by atomic mass is 10.2. The van der Waals surface area contributed by atoms with Crippen LogP contribution in [0.2, 0.25) is 0 Å². The second-order valence-corrected chi connectivity index (χ2v) is 3.90. The summed E-state index contributed by atoms with van der Waals surface area (Å²) in [6.07, 6.45) is 3.92. The van der Waals surface area contributed by atoms with Gasteiger partial charge < -0.3 is 5.32 Å². The van der Waals surface area contributed by atoms with Gasteiger partial charge in [0.2, 0.25) is 5.91 Å². The van der Waals surface area contributed by atoms with Gasteiger partial charge in [-0.15, -0.1) is 11.6 Å². The summed E-state index contributed by atoms with van der Waals surface area (Å²) < 4.78 is 0. The smallest absolute Gasteiger partial charge is 0.220 e. The molecule has 1 rings (SSSR count). The third-order valence-electron chi connectivity index (χ3n) is 2.09. The Bertz CT molecular complexity index is 344. The molecule has 5 heteroatoms. The predicted molar refractivity (Wildman–Crippen MR) is 63.2 cm³/mol. The van der Waals surface area contributed by atoms with E-state index in [1.807, 2.05) is 6.92 Å². The summed E-state index contributed by atoms with van der Waals surface area (Å²) in [4.78, 5) is 19.6. The summed E-state index contributed by atoms with van der Waals surface area (Å²) in [5.41, 5.74) is 0.832. The molecule has 0 unspecified atom stereocenters. The van der Waals surface area contributed by atoms with Crippen LogP contribution in [0, 0.1) is 6.92 Å². The van der Waals surface area contributed by atoms with Crippen LogP contribution in [-0.2, 0) is 11.3 Å². The van der Waals surface area contributed by atoms with E-state index >= 15 is 0 Å². The first-order valence-electron chi connectivity index (χ1n) is 5.33. The van der Waals surface area contributed by atoms with Gasteiger partial charge in [0.1, 0.15) is 5.82 Å². The molecule has 4 nitrogen and oxygen atoms in total. The van der Waals surface area contributed by atoms with Crippen molar-refractivity contribution in [2.45, 2.75) is 32.7 Å². The summed E-state index contributed by atoms with van der Waals surface area (Å²) in [6.45, 7) is 2.29. The lowest BCUT2D eigenvalue weighted by Crippen LogP contribution is -2.23. The molecule has 0 aliphatic heterocycles. The quantitative estimate of drug-likeness (QED) is 0.611. The van der Waals surface area contributed by atoms with Crippen molar-refractivity contribution in [2.24, 2.45) is 0 Å². The molecule has 0 spiro atoms. The summed E-state index contributed by atoms with van der Waals surface area (Å²) in [5, 5.41) is 2.81. The molecule has 0 saturated heterocycles. The van der Waals surface area contributed by atoms with Crippen LogP contribution in [0.15, 0.2) is 12.3 Å². The van der Waals surface area contributed by atoms with Gasteiger partial charge in [-0.25, -0.2) is 9.97 Å². The maximum absolute atomic E-state index is 11.4. The van der Waals surface area contributed by atoms with Crippen LogP contribution in [0.3, 0.4) is 0 Å². The van der Waals surface area contributed by atoms with Crippen LogP contribution in [0.25, 0.3) is 0 Å². The average molecular weight is 242 g/mol. The van der Waals surface area contributed by atoms with Gasteiger partial charge in [-0.05, 0) is 25.8 Å². The van der Waals surface area contributed by atoms with E-state index in [2.05, 4.69) is 15.3 Å². The summed E-state index contributed by atoms with van der Waals surface area (Å²) in [7, 11) is 0. The van der Waals surface area contributed by atoms with Gasteiger partial charge in [0.25, 0.3) is 0 Å². The Morgan fingerprint density at radius 2 is 2.31 bits per heavy atom. The number of aromatic nitrogens is 2. The first kappa shape index (κ1) is 12.9. The van der Waals surface area contributed by atoms with E-state index in [1.165, 1.54) is 0 Å². The Labute approximate surface area is 100 Å². The molecule has 1 amide bonds. The highest BCUT2D eigenvalue weighted by molar-refractivity contribution is 6.17. The van der Waals surface area contributed by atoms with Crippen molar-refractivity contribution in [1.29, 1.82) is 0 Å². The Morgan fingerprint density at radius 3 is 3.00 bits per heavy atom. The topological polar surface area (TPSA) is 54.9 Å². The third kappa shape index (κ3) is 5.07. The number of hydrogen-bond donors (Lipinski definition) is 1. The normalized spacial score (nSPS) is 10.1. The number of nitrogens with zero attached hydrogens (tertiary/aromatic N) is 2. The number of hydrogen-bond acceptors (Lipinski definition) is 3. The Morgan fingerprint density at radius 1 is 1.50 bits per heavy atom. The first-order valence-corrected chi connectivity index (χ1v) is 5.87. The van der Waals surface area contributed by atoms with Crippen LogP contribution >= 0.6 is 11.6 Å². The third-order valence-corrected chi connectivity index (χ3v) is 2.36. The minimum atomic E-state index is 0.0429. The van der Waals surface area contributed by atoms with Crippen LogP contribution in [-0.4, -0.2) is 21.8 Å². The molecule has 1 aromatic heterocycles. The minimum Gasteiger partial charge on any atom is -0.350 e. The van der Waals surface area contributed by atoms with Crippen molar-refractivity contribution < 1.29 is 4.79 Å². The van der Waals surface area contributed by atoms with Crippen LogP contribution < -0.4 is 5.32 Å². The molecule has 1 aromatic rings. The number of halogens is 1. The molecule has 0 atom stereocenters. The lowest BCUT2D eigenvalue weighted by Gasteiger charge is -2.04. The maximum atomic E-state index is 11.4. The highest BCUT2D eigenvalue weighted by Gasteiger charge is 2.01. The van der Waals surface area contributed by atoms with Crippen LogP contribution in [0.5, 0.6) is 0 Å². The number of carbonyl (C=O) groups excluding carboxylic acids is 1. The molecule has 0 aliphatic rings. The highest BCUT2D eigenvalue weighted by atomic mass is 35.5. The molecule has 0 radical (unpaired) electrons. The average Bonchev–Trinajstić information content (AvgIpc) is 2.27. The fourth-order valence-electron chi connectivity index (χ4n) is 1.26. The van der Waals surface area contributed by atoms with E-state index in [1.54, 1.807) is 12.3 Å². The molecular formula is C11H16ClN3O. The SMILES string of the molecule is Cc1nccc(CNC(=O)CCCCCl)n1. The van der Waals surface area contributed by atoms with Crippen molar-refractivity contribution >= 4 is 17.5 Å². The zero-order valence-corrected chi connectivity index (χ0v) is 10.1. The van der Waals surface area contributed by atoms with E-state index in [-0.39, 0.29) is 5.91 Å². The number of nitrogens with one attached hydrogen (secondary N) is 1. The number of aryl methyl sites for hydroxylation is 1. The van der Waals surface area contributed by atoms with Crippen molar-refractivity contribution in [3.63, 3.8) is 0 Å². The summed E-state index contributed by atoms with van der Waals surface area (Å²) >= 11 is 5.53. The Balaban J connectivity index is 2.26. The van der Waals surface area contributed by atoms with Gasteiger partial charge in [-0.3, -0.25) is 4.79 Å². The minimum absolute atomic E-state index is 0.0429. The molecule has 0 aliphatic carbocycles. The lowest BCUT2D eigenvalue weighted by molar-refractivity contribution is -0.121. The predicted octanol–water partition coefficient (Wildman–Crippen LogP) is 1.81. The van der Waals surface area contributed by atoms with E-state index in [4.69, 9.17) is 11.6 Å². The monoisotopic (exact) mass is 241 g/mol. The molecular weight excluding hydrogens is 226 g/mol. The zero-order chi connectivity index (χ0) is 11.8. The van der Waals surface area contributed by atoms with E-state index in [9.17, 15) is 4.79 Å². The second kappa shape index (κ2) is 7.17. The molecule has 0 bridgehead atoms. The van der Waals surface area contributed by atoms with Gasteiger partial charge in [0.15, 0.2) is 0 Å². The molecule has 0 aromatic carbocycles. The molecule has 1 N–H and O–H groups in total. The molecule has 1 heterocycles. The maximum Gasteiger partial charge on any atom is 0.220 e. The number of unbranched alkanes of at least 4 members (excludes halogenated alkanes) is 1. The Hall–Kier alpha value is -1.16. The van der Waals surface area contributed by atoms with Gasteiger partial charge in [-0.2, -0.15) is 0 Å². The van der Waals surface area contributed by atoms with Crippen molar-refractivity contribution in [3.8, 4) is 0 Å². The zero-order valence-electron chi connectivity index (χ0n) is 9.37. The summed E-state index contributed by atoms with van der Waals surface area (Å²) in [6, 6.07) is 1.80. The largest absolute Gasteiger partial charge is 0.350 e. The highest BCUT2D eigenvalue weighted by Crippen LogP contribution is 1.98. The van der Waals surface area contributed by atoms with Crippen LogP contribution in [0.1, 0.15) is 30.8 Å². The number of rotatable bonds is 6. The fraction of sp³-hybridized carbons (Fsp3) is 0.545. The molecule has 88 valence electrons. The van der Waals surface area contributed by atoms with Gasteiger partial charge >= 0.3 is 0 Å². The number of amides is 1. The number of carbonyl (C=O) groups is 1. The molecule has 0 fully saturated rings. The van der Waals surface area contributed by atoms with E-state index < -0.39 is 0 Å². The van der Waals surface area contributed by atoms with Crippen LogP contribution in [0.4, 0.5) is 0 Å². The van der Waals surface area contributed by atoms with Gasteiger partial charge in [0, 0.05) is 18.5 Å². The van der Waals surface area contributed by atoms with Crippen molar-refractivity contribution in [2.75, 3.05) is 5.88 Å². The standard InChI is InChI=1S/C11H16ClN3O/c1-9-13-7-5-10(15-9)8-14-11(16)4-2-3-6-12/h5,7H,2-4,6,8H2,1H3,(H,14,16). The van der Waals surface area contributed by atoms with Crippen molar-refractivity contribution in [3.05, 3.63) is 23.8 Å². The van der Waals surface area contributed by atoms with Gasteiger partial charge in [0.05, 0.1) is 12.2 Å². The Kier molecular flexibility index (Phi) is 5.78. The van der Waals surface area contributed by atoms with E-state index in [0.717, 1.165) is 18.5 Å². The molecule has 0 saturated carbocycles. The van der Waals surface area contributed by atoms with Gasteiger partial charge in [-0.1, -0.05) is 0 Å². The van der Waals surface area contributed by atoms with E-state index in [0.29, 0.717) is 24.7 Å². The summed E-state index contributed by atoms with van der Waals surface area (Å²) in [5.74, 6) is 1.37. The van der Waals surface area contributed by atoms with Crippen molar-refractivity contribution in [1.82, 2.24) is 15.3 Å². The second-order valence-electron chi connectivity index (χ2n) is 3.52.